The van der Waals surface area contributed by atoms with Gasteiger partial charge in [-0.15, -0.1) is 11.8 Å². The van der Waals surface area contributed by atoms with Crippen molar-refractivity contribution in [3.05, 3.63) is 29.8 Å². The van der Waals surface area contributed by atoms with Crippen molar-refractivity contribution in [2.45, 2.75) is 24.7 Å². The standard InChI is InChI=1S/C14H17F2NO3S/c1-2-17(7-5-14(19)20)13(18)6-8-21-10-3-4-11(15)12(16)9-10/h3-4,9H,2,5-8H2,1H3,(H,19,20). The van der Waals surface area contributed by atoms with Crippen molar-refractivity contribution in [1.82, 2.24) is 4.90 Å². The molecule has 0 aliphatic heterocycles. The summed E-state index contributed by atoms with van der Waals surface area (Å²) in [5, 5.41) is 8.60. The first kappa shape index (κ1) is 17.4. The maximum Gasteiger partial charge on any atom is 0.305 e. The zero-order chi connectivity index (χ0) is 15.8. The highest BCUT2D eigenvalue weighted by molar-refractivity contribution is 7.99. The van der Waals surface area contributed by atoms with Crippen molar-refractivity contribution in [3.8, 4) is 0 Å². The SMILES string of the molecule is CCN(CCC(=O)O)C(=O)CCSc1ccc(F)c(F)c1. The third-order valence-electron chi connectivity index (χ3n) is 2.81. The molecule has 21 heavy (non-hydrogen) atoms. The Kier molecular flexibility index (Phi) is 7.14. The van der Waals surface area contributed by atoms with Crippen LogP contribution in [-0.2, 0) is 9.59 Å². The smallest absolute Gasteiger partial charge is 0.305 e. The van der Waals surface area contributed by atoms with E-state index in [2.05, 4.69) is 0 Å². The number of carbonyl (C=O) groups is 2. The van der Waals surface area contributed by atoms with Crippen molar-refractivity contribution in [2.24, 2.45) is 0 Å². The summed E-state index contributed by atoms with van der Waals surface area (Å²) in [6, 6.07) is 3.59. The third-order valence-corrected chi connectivity index (χ3v) is 3.80. The fraction of sp³-hybridized carbons (Fsp3) is 0.429. The number of carboxylic acid groups (broad SMARTS) is 1. The quantitative estimate of drug-likeness (QED) is 0.749. The van der Waals surface area contributed by atoms with Gasteiger partial charge in [0.05, 0.1) is 6.42 Å². The van der Waals surface area contributed by atoms with Gasteiger partial charge in [0, 0.05) is 30.2 Å². The van der Waals surface area contributed by atoms with E-state index >= 15 is 0 Å². The molecule has 0 spiro atoms. The topological polar surface area (TPSA) is 57.6 Å². The monoisotopic (exact) mass is 317 g/mol. The van der Waals surface area contributed by atoms with E-state index in [1.807, 2.05) is 0 Å². The van der Waals surface area contributed by atoms with E-state index in [9.17, 15) is 18.4 Å². The Bertz CT molecular complexity index is 511. The molecule has 1 aromatic carbocycles. The Morgan fingerprint density at radius 2 is 1.95 bits per heavy atom. The van der Waals surface area contributed by atoms with Crippen LogP contribution in [0.2, 0.25) is 0 Å². The average molecular weight is 317 g/mol. The molecule has 0 saturated carbocycles. The number of hydrogen-bond donors (Lipinski definition) is 1. The lowest BCUT2D eigenvalue weighted by molar-refractivity contribution is -0.138. The fourth-order valence-electron chi connectivity index (χ4n) is 1.67. The lowest BCUT2D eigenvalue weighted by Gasteiger charge is -2.19. The minimum atomic E-state index is -0.947. The number of carbonyl (C=O) groups excluding carboxylic acids is 1. The normalized spacial score (nSPS) is 10.4. The molecule has 0 fully saturated rings. The highest BCUT2D eigenvalue weighted by Gasteiger charge is 2.13. The van der Waals surface area contributed by atoms with Gasteiger partial charge in [-0.25, -0.2) is 8.78 Å². The van der Waals surface area contributed by atoms with Gasteiger partial charge in [-0.2, -0.15) is 0 Å². The molecule has 116 valence electrons. The minimum absolute atomic E-state index is 0.0874. The van der Waals surface area contributed by atoms with Crippen LogP contribution >= 0.6 is 11.8 Å². The number of hydrogen-bond acceptors (Lipinski definition) is 3. The molecule has 0 aromatic heterocycles. The Morgan fingerprint density at radius 1 is 1.24 bits per heavy atom. The van der Waals surface area contributed by atoms with Crippen LogP contribution in [0.4, 0.5) is 8.78 Å². The fourth-order valence-corrected chi connectivity index (χ4v) is 2.53. The van der Waals surface area contributed by atoms with Gasteiger partial charge in [-0.3, -0.25) is 9.59 Å². The predicted octanol–water partition coefficient (Wildman–Crippen LogP) is 2.77. The second kappa shape index (κ2) is 8.61. The summed E-state index contributed by atoms with van der Waals surface area (Å²) in [6.07, 6.45) is 0.132. The van der Waals surface area contributed by atoms with Gasteiger partial charge >= 0.3 is 5.97 Å². The summed E-state index contributed by atoms with van der Waals surface area (Å²) in [5.41, 5.74) is 0. The number of amides is 1. The van der Waals surface area contributed by atoms with Crippen LogP contribution < -0.4 is 0 Å². The second-order valence-electron chi connectivity index (χ2n) is 4.29. The number of nitrogens with zero attached hydrogens (tertiary/aromatic N) is 1. The molecule has 0 saturated heterocycles. The highest BCUT2D eigenvalue weighted by Crippen LogP contribution is 2.21. The van der Waals surface area contributed by atoms with Crippen LogP contribution in [-0.4, -0.2) is 40.7 Å². The van der Waals surface area contributed by atoms with Crippen LogP contribution in [0.1, 0.15) is 19.8 Å². The summed E-state index contributed by atoms with van der Waals surface area (Å²) in [5.74, 6) is -2.48. The molecule has 0 aliphatic carbocycles. The summed E-state index contributed by atoms with van der Waals surface area (Å²) in [4.78, 5) is 24.4. The summed E-state index contributed by atoms with van der Waals surface area (Å²) in [7, 11) is 0. The molecule has 0 atom stereocenters. The van der Waals surface area contributed by atoms with Crippen molar-refractivity contribution in [3.63, 3.8) is 0 Å². The number of aliphatic carboxylic acids is 1. The average Bonchev–Trinajstić information content (AvgIpc) is 2.43. The first-order valence-corrected chi connectivity index (χ1v) is 7.50. The first-order valence-electron chi connectivity index (χ1n) is 6.51. The van der Waals surface area contributed by atoms with Crippen LogP contribution in [0, 0.1) is 11.6 Å². The van der Waals surface area contributed by atoms with Gasteiger partial charge in [0.25, 0.3) is 0 Å². The van der Waals surface area contributed by atoms with E-state index in [4.69, 9.17) is 5.11 Å². The molecule has 4 nitrogen and oxygen atoms in total. The molecule has 1 N–H and O–H groups in total. The Balaban J connectivity index is 2.40. The Labute approximate surface area is 126 Å². The van der Waals surface area contributed by atoms with Gasteiger partial charge in [-0.1, -0.05) is 0 Å². The summed E-state index contributed by atoms with van der Waals surface area (Å²) in [6.45, 7) is 2.41. The maximum atomic E-state index is 13.0. The van der Waals surface area contributed by atoms with Crippen LogP contribution in [0.3, 0.4) is 0 Å². The molecular formula is C14H17F2NO3S. The van der Waals surface area contributed by atoms with Crippen LogP contribution in [0.5, 0.6) is 0 Å². The number of carboxylic acids is 1. The van der Waals surface area contributed by atoms with Gasteiger partial charge in [-0.05, 0) is 25.1 Å². The molecule has 0 unspecified atom stereocenters. The van der Waals surface area contributed by atoms with E-state index in [1.54, 1.807) is 6.92 Å². The zero-order valence-corrected chi connectivity index (χ0v) is 12.5. The summed E-state index contributed by atoms with van der Waals surface area (Å²) >= 11 is 1.25. The van der Waals surface area contributed by atoms with Crippen molar-refractivity contribution in [2.75, 3.05) is 18.8 Å². The molecule has 1 amide bonds. The number of benzene rings is 1. The Hall–Kier alpha value is -1.63. The van der Waals surface area contributed by atoms with E-state index in [1.165, 1.54) is 22.7 Å². The van der Waals surface area contributed by atoms with Crippen molar-refractivity contribution < 1.29 is 23.5 Å². The number of halogens is 2. The maximum absolute atomic E-state index is 13.0. The van der Waals surface area contributed by atoms with Crippen molar-refractivity contribution in [1.29, 1.82) is 0 Å². The van der Waals surface area contributed by atoms with Gasteiger partial charge in [0.2, 0.25) is 5.91 Å². The third kappa shape index (κ3) is 6.12. The molecule has 1 aromatic rings. The lowest BCUT2D eigenvalue weighted by Crippen LogP contribution is -2.33. The molecule has 1 rings (SSSR count). The van der Waals surface area contributed by atoms with E-state index in [0.29, 0.717) is 17.2 Å². The van der Waals surface area contributed by atoms with Gasteiger partial charge < -0.3 is 10.0 Å². The van der Waals surface area contributed by atoms with Crippen LogP contribution in [0.25, 0.3) is 0 Å². The van der Waals surface area contributed by atoms with Gasteiger partial charge in [0.15, 0.2) is 11.6 Å². The van der Waals surface area contributed by atoms with Gasteiger partial charge in [0.1, 0.15) is 0 Å². The minimum Gasteiger partial charge on any atom is -0.481 e. The Morgan fingerprint density at radius 3 is 2.52 bits per heavy atom. The molecule has 0 bridgehead atoms. The second-order valence-corrected chi connectivity index (χ2v) is 5.46. The predicted molar refractivity (Wildman–Crippen MR) is 76.2 cm³/mol. The lowest BCUT2D eigenvalue weighted by atomic mass is 10.3. The van der Waals surface area contributed by atoms with Crippen molar-refractivity contribution >= 4 is 23.6 Å². The molecule has 0 aliphatic rings. The largest absolute Gasteiger partial charge is 0.481 e. The van der Waals surface area contributed by atoms with E-state index in [0.717, 1.165) is 12.1 Å². The van der Waals surface area contributed by atoms with Crippen LogP contribution in [0.15, 0.2) is 23.1 Å². The number of thioether (sulfide) groups is 1. The zero-order valence-electron chi connectivity index (χ0n) is 11.6. The molecule has 0 radical (unpaired) electrons. The molecule has 0 heterocycles. The first-order chi connectivity index (χ1) is 9.93. The highest BCUT2D eigenvalue weighted by atomic mass is 32.2. The molecular weight excluding hydrogens is 300 g/mol. The molecule has 7 heteroatoms. The number of rotatable bonds is 8. The van der Waals surface area contributed by atoms with E-state index in [-0.39, 0.29) is 25.3 Å². The van der Waals surface area contributed by atoms with E-state index < -0.39 is 17.6 Å². The summed E-state index contributed by atoms with van der Waals surface area (Å²) < 4.78 is 25.8.